The first-order chi connectivity index (χ1) is 9.03. The largest absolute Gasteiger partial charge is 0.316 e. The number of nitrogens with zero attached hydrogens (tertiary/aromatic N) is 3. The van der Waals surface area contributed by atoms with Crippen molar-refractivity contribution in [1.82, 2.24) is 24.9 Å². The molecule has 0 amide bonds. The lowest BCUT2D eigenvalue weighted by Gasteiger charge is -2.29. The van der Waals surface area contributed by atoms with Gasteiger partial charge in [-0.25, -0.2) is 4.98 Å². The first-order valence-corrected chi connectivity index (χ1v) is 6.70. The van der Waals surface area contributed by atoms with Gasteiger partial charge in [0.2, 0.25) is 0 Å². The highest BCUT2D eigenvalue weighted by Crippen LogP contribution is 2.35. The number of nitrogens with one attached hydrogen (secondary N) is 2. The van der Waals surface area contributed by atoms with E-state index in [2.05, 4.69) is 34.2 Å². The lowest BCUT2D eigenvalue weighted by molar-refractivity contribution is 0.318. The molecule has 0 saturated carbocycles. The second-order valence-electron chi connectivity index (χ2n) is 5.68. The maximum Gasteiger partial charge on any atom is 0.274 e. The Balaban J connectivity index is 2.20. The van der Waals surface area contributed by atoms with Crippen LogP contribution in [0.3, 0.4) is 0 Å². The van der Waals surface area contributed by atoms with E-state index in [0.29, 0.717) is 17.4 Å². The molecule has 2 N–H and O–H groups in total. The van der Waals surface area contributed by atoms with Crippen LogP contribution >= 0.6 is 0 Å². The fourth-order valence-electron chi connectivity index (χ4n) is 2.90. The highest BCUT2D eigenvalue weighted by atomic mass is 16.1. The summed E-state index contributed by atoms with van der Waals surface area (Å²) in [6, 6.07) is 1.52. The molecule has 0 bridgehead atoms. The Bertz CT molecular complexity index is 663. The predicted molar refractivity (Wildman–Crippen MR) is 72.3 cm³/mol. The molecule has 1 atom stereocenters. The lowest BCUT2D eigenvalue weighted by atomic mass is 9.76. The Labute approximate surface area is 111 Å². The van der Waals surface area contributed by atoms with Gasteiger partial charge >= 0.3 is 0 Å². The smallest absolute Gasteiger partial charge is 0.274 e. The highest BCUT2D eigenvalue weighted by molar-refractivity contribution is 5.30. The van der Waals surface area contributed by atoms with Crippen molar-refractivity contribution in [2.45, 2.75) is 32.6 Å². The molecule has 3 heterocycles. The molecule has 1 unspecified atom stereocenters. The van der Waals surface area contributed by atoms with Crippen LogP contribution < -0.4 is 10.9 Å². The minimum absolute atomic E-state index is 0.0337. The molecular formula is C13H19N5O. The number of aromatic nitrogens is 4. The van der Waals surface area contributed by atoms with E-state index in [9.17, 15) is 4.79 Å². The molecule has 0 spiro atoms. The molecule has 1 fully saturated rings. The Morgan fingerprint density at radius 3 is 2.84 bits per heavy atom. The predicted octanol–water partition coefficient (Wildman–Crippen LogP) is 0.613. The van der Waals surface area contributed by atoms with E-state index in [1.165, 1.54) is 10.6 Å². The fourth-order valence-corrected chi connectivity index (χ4v) is 2.90. The zero-order valence-corrected chi connectivity index (χ0v) is 11.5. The van der Waals surface area contributed by atoms with Crippen molar-refractivity contribution < 1.29 is 0 Å². The second-order valence-corrected chi connectivity index (χ2v) is 5.68. The van der Waals surface area contributed by atoms with E-state index in [0.717, 1.165) is 25.3 Å². The van der Waals surface area contributed by atoms with Crippen LogP contribution in [-0.4, -0.2) is 32.7 Å². The molecule has 1 aliphatic heterocycles. The molecule has 102 valence electrons. The van der Waals surface area contributed by atoms with Crippen molar-refractivity contribution >= 4 is 5.78 Å². The van der Waals surface area contributed by atoms with Crippen LogP contribution in [0.4, 0.5) is 0 Å². The third kappa shape index (κ3) is 1.78. The molecule has 3 rings (SSSR count). The first-order valence-electron chi connectivity index (χ1n) is 6.70. The van der Waals surface area contributed by atoms with Crippen LogP contribution in [0.5, 0.6) is 0 Å². The average Bonchev–Trinajstić information content (AvgIpc) is 2.93. The minimum Gasteiger partial charge on any atom is -0.316 e. The summed E-state index contributed by atoms with van der Waals surface area (Å²) in [5.74, 6) is 1.77. The molecule has 2 aromatic rings. The normalized spacial score (nSPS) is 23.6. The highest BCUT2D eigenvalue weighted by Gasteiger charge is 2.41. The molecule has 1 saturated heterocycles. The third-order valence-electron chi connectivity index (χ3n) is 4.22. The SMILES string of the molecule is Cc1cc(=O)n2[nH]c(C3(C(C)C)CCNC3)nc2n1. The monoisotopic (exact) mass is 261 g/mol. The van der Waals surface area contributed by atoms with E-state index in [-0.39, 0.29) is 11.0 Å². The number of H-pyrrole nitrogens is 1. The zero-order valence-electron chi connectivity index (χ0n) is 11.5. The molecule has 0 aromatic carbocycles. The number of aryl methyl sites for hydroxylation is 1. The number of fused-ring (bicyclic) bond motifs is 1. The molecule has 0 aliphatic carbocycles. The van der Waals surface area contributed by atoms with Gasteiger partial charge in [-0.2, -0.15) is 9.50 Å². The summed E-state index contributed by atoms with van der Waals surface area (Å²) < 4.78 is 1.44. The van der Waals surface area contributed by atoms with E-state index in [1.54, 1.807) is 0 Å². The first kappa shape index (κ1) is 12.3. The molecule has 0 radical (unpaired) electrons. The molecule has 19 heavy (non-hydrogen) atoms. The van der Waals surface area contributed by atoms with Gasteiger partial charge in [0.05, 0.1) is 0 Å². The van der Waals surface area contributed by atoms with Gasteiger partial charge in [-0.1, -0.05) is 13.8 Å². The van der Waals surface area contributed by atoms with Gasteiger partial charge in [0.25, 0.3) is 11.3 Å². The van der Waals surface area contributed by atoms with E-state index >= 15 is 0 Å². The van der Waals surface area contributed by atoms with Crippen molar-refractivity contribution in [2.24, 2.45) is 5.92 Å². The maximum atomic E-state index is 11.9. The van der Waals surface area contributed by atoms with Crippen LogP contribution in [0.2, 0.25) is 0 Å². The lowest BCUT2D eigenvalue weighted by Crippen LogP contribution is -2.36. The van der Waals surface area contributed by atoms with Gasteiger partial charge in [-0.3, -0.25) is 9.89 Å². The van der Waals surface area contributed by atoms with Crippen molar-refractivity contribution in [1.29, 1.82) is 0 Å². The summed E-state index contributed by atoms with van der Waals surface area (Å²) >= 11 is 0. The summed E-state index contributed by atoms with van der Waals surface area (Å²) in [6.07, 6.45) is 1.03. The van der Waals surface area contributed by atoms with Crippen molar-refractivity contribution in [3.8, 4) is 0 Å². The van der Waals surface area contributed by atoms with Crippen molar-refractivity contribution in [3.63, 3.8) is 0 Å². The average molecular weight is 261 g/mol. The summed E-state index contributed by atoms with van der Waals surface area (Å²) in [5, 5.41) is 6.54. The Hall–Kier alpha value is -1.69. The van der Waals surface area contributed by atoms with E-state index < -0.39 is 0 Å². The summed E-state index contributed by atoms with van der Waals surface area (Å²) in [4.78, 5) is 20.8. The summed E-state index contributed by atoms with van der Waals surface area (Å²) in [6.45, 7) is 8.07. The Morgan fingerprint density at radius 1 is 1.42 bits per heavy atom. The number of hydrogen-bond acceptors (Lipinski definition) is 4. The Kier molecular flexibility index (Phi) is 2.70. The molecule has 6 heteroatoms. The van der Waals surface area contributed by atoms with Crippen LogP contribution in [0.15, 0.2) is 10.9 Å². The number of rotatable bonds is 2. The molecule has 6 nitrogen and oxygen atoms in total. The zero-order chi connectivity index (χ0) is 13.6. The van der Waals surface area contributed by atoms with Gasteiger partial charge in [0.15, 0.2) is 0 Å². The standard InChI is InChI=1S/C13H19N5O/c1-8(2)13(4-5-14-7-13)11-16-12-15-9(3)6-10(19)18(12)17-11/h6,8,14H,4-5,7H2,1-3H3,(H,15,16,17). The van der Waals surface area contributed by atoms with Crippen LogP contribution in [0, 0.1) is 12.8 Å². The molecular weight excluding hydrogens is 242 g/mol. The van der Waals surface area contributed by atoms with Gasteiger partial charge in [-0.05, 0) is 25.8 Å². The topological polar surface area (TPSA) is 75.1 Å². The Morgan fingerprint density at radius 2 is 2.21 bits per heavy atom. The van der Waals surface area contributed by atoms with Crippen LogP contribution in [0.1, 0.15) is 31.8 Å². The maximum absolute atomic E-state index is 11.9. The quantitative estimate of drug-likeness (QED) is 0.830. The third-order valence-corrected chi connectivity index (χ3v) is 4.22. The van der Waals surface area contributed by atoms with Crippen molar-refractivity contribution in [2.75, 3.05) is 13.1 Å². The fraction of sp³-hybridized carbons (Fsp3) is 0.615. The van der Waals surface area contributed by atoms with Crippen LogP contribution in [0.25, 0.3) is 5.78 Å². The summed E-state index contributed by atoms with van der Waals surface area (Å²) in [7, 11) is 0. The van der Waals surface area contributed by atoms with Crippen molar-refractivity contribution in [3.05, 3.63) is 27.9 Å². The minimum atomic E-state index is -0.105. The van der Waals surface area contributed by atoms with Gasteiger partial charge in [0, 0.05) is 23.7 Å². The van der Waals surface area contributed by atoms with Gasteiger partial charge < -0.3 is 5.32 Å². The molecule has 1 aliphatic rings. The number of hydrogen-bond donors (Lipinski definition) is 2. The molecule has 2 aromatic heterocycles. The van der Waals surface area contributed by atoms with E-state index in [4.69, 9.17) is 0 Å². The second kappa shape index (κ2) is 4.16. The van der Waals surface area contributed by atoms with Gasteiger partial charge in [-0.15, -0.1) is 0 Å². The summed E-state index contributed by atoms with van der Waals surface area (Å²) in [5.41, 5.74) is 0.561. The number of aromatic amines is 1. The van der Waals surface area contributed by atoms with Crippen LogP contribution in [-0.2, 0) is 5.41 Å². The van der Waals surface area contributed by atoms with E-state index in [1.807, 2.05) is 6.92 Å². The van der Waals surface area contributed by atoms with Gasteiger partial charge in [0.1, 0.15) is 5.82 Å².